The van der Waals surface area contributed by atoms with Crippen molar-refractivity contribution in [3.63, 3.8) is 0 Å². The zero-order chi connectivity index (χ0) is 21.6. The summed E-state index contributed by atoms with van der Waals surface area (Å²) in [4.78, 5) is 24.7. The van der Waals surface area contributed by atoms with Gasteiger partial charge in [-0.15, -0.1) is 0 Å². The zero-order valence-corrected chi connectivity index (χ0v) is 17.5. The molecule has 2 aromatic carbocycles. The molecule has 1 amide bonds. The topological polar surface area (TPSA) is 91.1 Å². The molecule has 4 rings (SSSR count). The lowest BCUT2D eigenvalue weighted by Crippen LogP contribution is -2.34. The van der Waals surface area contributed by atoms with Gasteiger partial charge in [0.05, 0.1) is 24.2 Å². The molecule has 0 saturated carbocycles. The van der Waals surface area contributed by atoms with Crippen LogP contribution in [0.25, 0.3) is 11.0 Å². The van der Waals surface area contributed by atoms with Crippen LogP contribution in [0.5, 0.6) is 5.75 Å². The minimum absolute atomic E-state index is 0.321. The number of piperidine rings is 1. The Balaban J connectivity index is 1.62. The maximum Gasteiger partial charge on any atom is 0.243 e. The summed E-state index contributed by atoms with van der Waals surface area (Å²) in [5, 5.41) is 12.8. The summed E-state index contributed by atoms with van der Waals surface area (Å²) in [6, 6.07) is 17.2. The number of rotatable bonds is 6. The van der Waals surface area contributed by atoms with Crippen molar-refractivity contribution in [1.29, 1.82) is 5.26 Å². The number of hydrogen-bond acceptors (Lipinski definition) is 6. The van der Waals surface area contributed by atoms with Crippen molar-refractivity contribution in [2.24, 2.45) is 0 Å². The van der Waals surface area contributed by atoms with Gasteiger partial charge in [0.1, 0.15) is 11.4 Å². The molecule has 0 unspecified atom stereocenters. The van der Waals surface area contributed by atoms with Gasteiger partial charge >= 0.3 is 0 Å². The Labute approximate surface area is 181 Å². The maximum absolute atomic E-state index is 13.0. The van der Waals surface area contributed by atoms with E-state index in [0.717, 1.165) is 42.8 Å². The number of anilines is 1. The van der Waals surface area contributed by atoms with Gasteiger partial charge < -0.3 is 15.0 Å². The summed E-state index contributed by atoms with van der Waals surface area (Å²) in [5.41, 5.74) is 2.80. The summed E-state index contributed by atoms with van der Waals surface area (Å²) in [6.07, 6.45) is 3.31. The van der Waals surface area contributed by atoms with Crippen LogP contribution in [0.2, 0.25) is 0 Å². The molecule has 0 bridgehead atoms. The third-order valence-electron chi connectivity index (χ3n) is 5.52. The Hall–Kier alpha value is -3.66. The Morgan fingerprint density at radius 2 is 1.77 bits per heavy atom. The standard InChI is InChI=1S/C24H25N5O2/c1-31-18-11-9-17(10-12-18)16-26-24(30)19(15-25)22-23(29-13-5-2-6-14-29)28-21-8-4-3-7-20(21)27-22/h3-4,7-12,19H,2,5-6,13-14,16H2,1H3,(H,26,30)/t19-/m1/s1. The average Bonchev–Trinajstić information content (AvgIpc) is 2.83. The van der Waals surface area contributed by atoms with Gasteiger partial charge in [0, 0.05) is 19.6 Å². The molecule has 31 heavy (non-hydrogen) atoms. The second-order valence-electron chi connectivity index (χ2n) is 7.60. The molecule has 1 aliphatic heterocycles. The lowest BCUT2D eigenvalue weighted by atomic mass is 10.0. The van der Waals surface area contributed by atoms with Gasteiger partial charge in [0.25, 0.3) is 0 Å². The van der Waals surface area contributed by atoms with E-state index in [1.807, 2.05) is 48.5 Å². The fourth-order valence-electron chi connectivity index (χ4n) is 3.82. The molecule has 1 N–H and O–H groups in total. The normalized spacial score (nSPS) is 14.6. The number of aromatic nitrogens is 2. The van der Waals surface area contributed by atoms with Crippen molar-refractivity contribution in [3.8, 4) is 11.8 Å². The summed E-state index contributed by atoms with van der Waals surface area (Å²) in [5.74, 6) is -0.0134. The quantitative estimate of drug-likeness (QED) is 0.662. The predicted molar refractivity (Wildman–Crippen MR) is 119 cm³/mol. The van der Waals surface area contributed by atoms with E-state index in [1.54, 1.807) is 7.11 Å². The summed E-state index contributed by atoms with van der Waals surface area (Å²) in [7, 11) is 1.61. The SMILES string of the molecule is COc1ccc(CNC(=O)[C@H](C#N)c2nc3ccccc3nc2N2CCCCC2)cc1. The predicted octanol–water partition coefficient (Wildman–Crippen LogP) is 3.55. The number of carbonyl (C=O) groups is 1. The number of nitrogens with zero attached hydrogens (tertiary/aromatic N) is 4. The largest absolute Gasteiger partial charge is 0.497 e. The first-order valence-electron chi connectivity index (χ1n) is 10.5. The average molecular weight is 415 g/mol. The lowest BCUT2D eigenvalue weighted by molar-refractivity contribution is -0.121. The van der Waals surface area contributed by atoms with Crippen molar-refractivity contribution in [2.45, 2.75) is 31.7 Å². The van der Waals surface area contributed by atoms with Crippen LogP contribution in [0.3, 0.4) is 0 Å². The highest BCUT2D eigenvalue weighted by molar-refractivity contribution is 5.88. The molecule has 7 nitrogen and oxygen atoms in total. The number of methoxy groups -OCH3 is 1. The molecule has 158 valence electrons. The van der Waals surface area contributed by atoms with E-state index in [9.17, 15) is 10.1 Å². The third-order valence-corrected chi connectivity index (χ3v) is 5.52. The Morgan fingerprint density at radius 3 is 2.42 bits per heavy atom. The number of nitriles is 1. The zero-order valence-electron chi connectivity index (χ0n) is 17.5. The van der Waals surface area contributed by atoms with Crippen LogP contribution in [0.15, 0.2) is 48.5 Å². The second-order valence-corrected chi connectivity index (χ2v) is 7.60. The van der Waals surface area contributed by atoms with Gasteiger partial charge in [-0.05, 0) is 49.1 Å². The van der Waals surface area contributed by atoms with Crippen LogP contribution in [0, 0.1) is 11.3 Å². The van der Waals surface area contributed by atoms with Crippen molar-refractivity contribution >= 4 is 22.8 Å². The molecule has 0 radical (unpaired) electrons. The fourth-order valence-corrected chi connectivity index (χ4v) is 3.82. The van der Waals surface area contributed by atoms with Gasteiger partial charge in [-0.25, -0.2) is 9.97 Å². The summed E-state index contributed by atoms with van der Waals surface area (Å²) < 4.78 is 5.16. The lowest BCUT2D eigenvalue weighted by Gasteiger charge is -2.29. The maximum atomic E-state index is 13.0. The summed E-state index contributed by atoms with van der Waals surface area (Å²) >= 11 is 0. The Bertz CT molecular complexity index is 1100. The Morgan fingerprint density at radius 1 is 1.10 bits per heavy atom. The molecule has 7 heteroatoms. The minimum atomic E-state index is -1.03. The van der Waals surface area contributed by atoms with E-state index in [-0.39, 0.29) is 5.91 Å². The van der Waals surface area contributed by atoms with Crippen molar-refractivity contribution < 1.29 is 9.53 Å². The van der Waals surface area contributed by atoms with Crippen molar-refractivity contribution in [2.75, 3.05) is 25.1 Å². The van der Waals surface area contributed by atoms with E-state index < -0.39 is 5.92 Å². The van der Waals surface area contributed by atoms with Gasteiger partial charge in [0.15, 0.2) is 11.7 Å². The van der Waals surface area contributed by atoms with Crippen molar-refractivity contribution in [3.05, 3.63) is 59.8 Å². The molecule has 1 atom stereocenters. The highest BCUT2D eigenvalue weighted by Crippen LogP contribution is 2.29. The van der Waals surface area contributed by atoms with Crippen LogP contribution in [0.4, 0.5) is 5.82 Å². The van der Waals surface area contributed by atoms with E-state index in [2.05, 4.69) is 16.3 Å². The number of carbonyl (C=O) groups excluding carboxylic acids is 1. The van der Waals surface area contributed by atoms with E-state index >= 15 is 0 Å². The van der Waals surface area contributed by atoms with Crippen LogP contribution in [-0.2, 0) is 11.3 Å². The van der Waals surface area contributed by atoms with Gasteiger partial charge in [-0.3, -0.25) is 4.79 Å². The molecule has 2 heterocycles. The van der Waals surface area contributed by atoms with Gasteiger partial charge in [0.2, 0.25) is 5.91 Å². The molecular formula is C24H25N5O2. The molecule has 0 aliphatic carbocycles. The smallest absolute Gasteiger partial charge is 0.243 e. The molecule has 1 saturated heterocycles. The number of para-hydroxylation sites is 2. The second kappa shape index (κ2) is 9.43. The van der Waals surface area contributed by atoms with E-state index in [1.165, 1.54) is 6.42 Å². The number of nitrogens with one attached hydrogen (secondary N) is 1. The molecule has 0 spiro atoms. The number of hydrogen-bond donors (Lipinski definition) is 1. The Kier molecular flexibility index (Phi) is 6.27. The van der Waals surface area contributed by atoms with Crippen LogP contribution < -0.4 is 15.0 Å². The number of fused-ring (bicyclic) bond motifs is 1. The number of benzene rings is 2. The van der Waals surface area contributed by atoms with E-state index in [4.69, 9.17) is 14.7 Å². The first-order chi connectivity index (χ1) is 15.2. The van der Waals surface area contributed by atoms with Crippen LogP contribution in [-0.4, -0.2) is 36.1 Å². The number of amides is 1. The van der Waals surface area contributed by atoms with E-state index in [0.29, 0.717) is 23.6 Å². The molecule has 3 aromatic rings. The van der Waals surface area contributed by atoms with Gasteiger partial charge in [-0.2, -0.15) is 5.26 Å². The molecule has 1 aliphatic rings. The molecule has 1 fully saturated rings. The first kappa shape index (κ1) is 20.6. The summed E-state index contributed by atoms with van der Waals surface area (Å²) in [6.45, 7) is 2.03. The van der Waals surface area contributed by atoms with Crippen LogP contribution in [0.1, 0.15) is 36.4 Å². The molecular weight excluding hydrogens is 390 g/mol. The van der Waals surface area contributed by atoms with Crippen molar-refractivity contribution in [1.82, 2.24) is 15.3 Å². The fraction of sp³-hybridized carbons (Fsp3) is 0.333. The van der Waals surface area contributed by atoms with Gasteiger partial charge in [-0.1, -0.05) is 24.3 Å². The molecule has 1 aromatic heterocycles. The highest BCUT2D eigenvalue weighted by Gasteiger charge is 2.29. The van der Waals surface area contributed by atoms with Crippen LogP contribution >= 0.6 is 0 Å². The first-order valence-corrected chi connectivity index (χ1v) is 10.5. The minimum Gasteiger partial charge on any atom is -0.497 e. The number of ether oxygens (including phenoxy) is 1. The highest BCUT2D eigenvalue weighted by atomic mass is 16.5. The third kappa shape index (κ3) is 4.58. The monoisotopic (exact) mass is 415 g/mol.